The molecule has 2 aliphatic rings. The average Bonchev–Trinajstić information content (AvgIpc) is 3.55. The quantitative estimate of drug-likeness (QED) is 0.0681. The van der Waals surface area contributed by atoms with Gasteiger partial charge < -0.3 is 45.5 Å². The number of phenols is 7. The summed E-state index contributed by atoms with van der Waals surface area (Å²) in [4.78, 5) is 10.0. The number of aromatic hydroxyl groups is 7. The highest BCUT2D eigenvalue weighted by Crippen LogP contribution is 2.59. The first-order valence-electron chi connectivity index (χ1n) is 16.4. The number of furan rings is 1. The van der Waals surface area contributed by atoms with Gasteiger partial charge in [-0.2, -0.15) is 0 Å². The summed E-state index contributed by atoms with van der Waals surface area (Å²) in [5.41, 5.74) is 3.82. The smallest absolute Gasteiger partial charge is 0.205 e. The van der Waals surface area contributed by atoms with Crippen molar-refractivity contribution < 1.29 is 40.2 Å². The number of allylic oxidation sites excluding steroid dienone is 1. The monoisotopic (exact) mass is 691 g/mol. The normalized spacial score (nSPS) is 16.8. The van der Waals surface area contributed by atoms with Crippen molar-refractivity contribution in [2.24, 2.45) is 9.98 Å². The standard InChI is InChI=1S/C41H29N3O8/c45-32-29(33(46)34(47)31-30(32)35(48)37(50)38(51)36(31)49)22-12-14-25-26-15-13-24(18-28(26)52-27(25)17-22)41-43-39(20-7-2-1-3-8-20)42-40(44-41)23-11-10-19-6-4-5-9-21(19)16-23/h1-16,18,22,41,45-51H,17H2,(H,42,43,44). The van der Waals surface area contributed by atoms with E-state index in [9.17, 15) is 35.7 Å². The molecule has 1 aromatic heterocycles. The van der Waals surface area contributed by atoms with Gasteiger partial charge in [0.2, 0.25) is 11.5 Å². The summed E-state index contributed by atoms with van der Waals surface area (Å²) in [5, 5.41) is 79.3. The van der Waals surface area contributed by atoms with Gasteiger partial charge in [0.1, 0.15) is 28.8 Å². The fraction of sp³-hybridized carbons (Fsp3) is 0.0732. The molecule has 0 saturated heterocycles. The highest BCUT2D eigenvalue weighted by molar-refractivity contribution is 6.16. The van der Waals surface area contributed by atoms with E-state index in [0.29, 0.717) is 23.0 Å². The molecular formula is C41H29N3O8. The SMILES string of the molecule is Oc1c(O)c(O)c2c(O)c(C3C=Cc4c(oc5cc(C6N=C(c7ccccc7)NC(c7ccc8ccccc8c7)=N6)ccc45)C3)c(O)c(O)c2c1O. The van der Waals surface area contributed by atoms with Crippen LogP contribution in [0.2, 0.25) is 0 Å². The Hall–Kier alpha value is -7.14. The second kappa shape index (κ2) is 11.5. The Morgan fingerprint density at radius 2 is 1.25 bits per heavy atom. The van der Waals surface area contributed by atoms with Crippen LogP contribution in [0.15, 0.2) is 111 Å². The first-order chi connectivity index (χ1) is 25.2. The first-order valence-corrected chi connectivity index (χ1v) is 16.4. The van der Waals surface area contributed by atoms with Crippen LogP contribution in [-0.2, 0) is 6.42 Å². The van der Waals surface area contributed by atoms with Gasteiger partial charge in [-0.05, 0) is 22.9 Å². The van der Waals surface area contributed by atoms with Crippen LogP contribution < -0.4 is 5.32 Å². The Labute approximate surface area is 294 Å². The van der Waals surface area contributed by atoms with Crippen molar-refractivity contribution in [2.45, 2.75) is 18.5 Å². The number of phenolic OH excluding ortho intramolecular Hbond substituents is 7. The lowest BCUT2D eigenvalue weighted by Crippen LogP contribution is -2.36. The molecule has 52 heavy (non-hydrogen) atoms. The molecule has 6 aromatic carbocycles. The Morgan fingerprint density at radius 3 is 2.00 bits per heavy atom. The number of nitrogens with one attached hydrogen (secondary N) is 1. The van der Waals surface area contributed by atoms with Gasteiger partial charge in [0, 0.05) is 45.5 Å². The molecule has 0 saturated carbocycles. The predicted molar refractivity (Wildman–Crippen MR) is 197 cm³/mol. The summed E-state index contributed by atoms with van der Waals surface area (Å²) < 4.78 is 6.37. The minimum absolute atomic E-state index is 0.145. The molecule has 2 unspecified atom stereocenters. The van der Waals surface area contributed by atoms with Gasteiger partial charge in [0.05, 0.1) is 10.8 Å². The van der Waals surface area contributed by atoms with E-state index in [2.05, 4.69) is 29.6 Å². The molecule has 1 aliphatic heterocycles. The van der Waals surface area contributed by atoms with Gasteiger partial charge in [-0.1, -0.05) is 91.0 Å². The number of rotatable bonds is 4. The molecule has 11 nitrogen and oxygen atoms in total. The van der Waals surface area contributed by atoms with Crippen molar-refractivity contribution in [3.05, 3.63) is 131 Å². The Kier molecular flexibility index (Phi) is 6.80. The van der Waals surface area contributed by atoms with Crippen molar-refractivity contribution in [3.8, 4) is 40.2 Å². The molecule has 9 rings (SSSR count). The van der Waals surface area contributed by atoms with Crippen molar-refractivity contribution in [3.63, 3.8) is 0 Å². The van der Waals surface area contributed by atoms with Crippen molar-refractivity contribution in [1.82, 2.24) is 5.32 Å². The highest BCUT2D eigenvalue weighted by Gasteiger charge is 2.33. The minimum Gasteiger partial charge on any atom is -0.507 e. The Balaban J connectivity index is 1.10. The maximum atomic E-state index is 11.2. The molecule has 1 aliphatic carbocycles. The number of hydrogen-bond donors (Lipinski definition) is 8. The average molecular weight is 692 g/mol. The summed E-state index contributed by atoms with van der Waals surface area (Å²) in [6.45, 7) is 0. The van der Waals surface area contributed by atoms with E-state index in [0.717, 1.165) is 38.4 Å². The van der Waals surface area contributed by atoms with Crippen LogP contribution >= 0.6 is 0 Å². The maximum Gasteiger partial charge on any atom is 0.205 e. The van der Waals surface area contributed by atoms with Crippen LogP contribution in [0.3, 0.4) is 0 Å². The molecule has 0 radical (unpaired) electrons. The maximum absolute atomic E-state index is 11.2. The largest absolute Gasteiger partial charge is 0.507 e. The first kappa shape index (κ1) is 30.9. The lowest BCUT2D eigenvalue weighted by molar-refractivity contribution is 0.346. The van der Waals surface area contributed by atoms with E-state index in [1.165, 1.54) is 0 Å². The summed E-state index contributed by atoms with van der Waals surface area (Å²) in [6, 6.07) is 30.0. The van der Waals surface area contributed by atoms with E-state index >= 15 is 0 Å². The zero-order valence-electron chi connectivity index (χ0n) is 27.1. The van der Waals surface area contributed by atoms with Crippen molar-refractivity contribution in [2.75, 3.05) is 0 Å². The molecule has 2 heterocycles. The van der Waals surface area contributed by atoms with Gasteiger partial charge in [0.15, 0.2) is 29.2 Å². The van der Waals surface area contributed by atoms with Gasteiger partial charge in [-0.25, -0.2) is 9.98 Å². The van der Waals surface area contributed by atoms with Crippen molar-refractivity contribution >= 4 is 50.3 Å². The molecule has 11 heteroatoms. The third-order valence-corrected chi connectivity index (χ3v) is 9.81. The fourth-order valence-electron chi connectivity index (χ4n) is 7.19. The molecule has 0 bridgehead atoms. The molecule has 8 N–H and O–H groups in total. The number of amidine groups is 2. The predicted octanol–water partition coefficient (Wildman–Crippen LogP) is 7.53. The second-order valence-electron chi connectivity index (χ2n) is 12.9. The van der Waals surface area contributed by atoms with Gasteiger partial charge in [-0.3, -0.25) is 0 Å². The topological polar surface area (TPSA) is 191 Å². The second-order valence-corrected chi connectivity index (χ2v) is 12.9. The molecule has 256 valence electrons. The van der Waals surface area contributed by atoms with E-state index in [1.54, 1.807) is 12.2 Å². The van der Waals surface area contributed by atoms with Crippen LogP contribution in [0.25, 0.3) is 38.6 Å². The number of nitrogens with zero attached hydrogens (tertiary/aromatic N) is 2. The number of fused-ring (bicyclic) bond motifs is 5. The van der Waals surface area contributed by atoms with Crippen LogP contribution in [0.5, 0.6) is 40.2 Å². The van der Waals surface area contributed by atoms with E-state index in [-0.39, 0.29) is 12.0 Å². The molecule has 0 amide bonds. The lowest BCUT2D eigenvalue weighted by Gasteiger charge is -2.22. The third-order valence-electron chi connectivity index (χ3n) is 9.81. The Bertz CT molecular complexity index is 2730. The molecular weight excluding hydrogens is 662 g/mol. The number of aliphatic imine (C=N–C) groups is 2. The van der Waals surface area contributed by atoms with Gasteiger partial charge in [-0.15, -0.1) is 0 Å². The van der Waals surface area contributed by atoms with Crippen LogP contribution in [-0.4, -0.2) is 47.4 Å². The fourth-order valence-corrected chi connectivity index (χ4v) is 7.19. The van der Waals surface area contributed by atoms with E-state index in [1.807, 2.05) is 66.7 Å². The van der Waals surface area contributed by atoms with Gasteiger partial charge in [0.25, 0.3) is 0 Å². The number of hydrogen-bond acceptors (Lipinski definition) is 11. The third kappa shape index (κ3) is 4.67. The zero-order valence-corrected chi connectivity index (χ0v) is 27.1. The molecule has 0 fully saturated rings. The van der Waals surface area contributed by atoms with Crippen LogP contribution in [0.1, 0.15) is 45.7 Å². The molecule has 7 aromatic rings. The Morgan fingerprint density at radius 1 is 0.596 bits per heavy atom. The molecule has 0 spiro atoms. The highest BCUT2D eigenvalue weighted by atomic mass is 16.4. The summed E-state index contributed by atoms with van der Waals surface area (Å²) in [5.74, 6) is -5.40. The lowest BCUT2D eigenvalue weighted by atomic mass is 9.85. The molecule has 2 atom stereocenters. The van der Waals surface area contributed by atoms with E-state index < -0.39 is 63.1 Å². The summed E-state index contributed by atoms with van der Waals surface area (Å²) in [7, 11) is 0. The van der Waals surface area contributed by atoms with Crippen molar-refractivity contribution in [1.29, 1.82) is 0 Å². The zero-order chi connectivity index (χ0) is 35.8. The number of benzene rings is 6. The van der Waals surface area contributed by atoms with Gasteiger partial charge >= 0.3 is 0 Å². The van der Waals surface area contributed by atoms with Crippen LogP contribution in [0, 0.1) is 0 Å². The minimum atomic E-state index is -1.11. The summed E-state index contributed by atoms with van der Waals surface area (Å²) >= 11 is 0. The van der Waals surface area contributed by atoms with Crippen LogP contribution in [0.4, 0.5) is 0 Å². The summed E-state index contributed by atoms with van der Waals surface area (Å²) in [6.07, 6.45) is 3.05. The van der Waals surface area contributed by atoms with E-state index in [4.69, 9.17) is 14.4 Å².